The van der Waals surface area contributed by atoms with Crippen molar-refractivity contribution in [1.29, 1.82) is 0 Å². The molecule has 0 spiro atoms. The van der Waals surface area contributed by atoms with Crippen LogP contribution in [0.5, 0.6) is 0 Å². The topological polar surface area (TPSA) is 57.6 Å². The molecule has 4 nitrogen and oxygen atoms in total. The Bertz CT molecular complexity index is 627. The maximum atomic E-state index is 13.8. The minimum absolute atomic E-state index is 0.0471. The molecular weight excluding hydrogens is 319 g/mol. The van der Waals surface area contributed by atoms with Crippen molar-refractivity contribution in [2.24, 2.45) is 5.41 Å². The Morgan fingerprint density at radius 1 is 1.14 bits per heavy atom. The first kappa shape index (κ1) is 18.9. The van der Waals surface area contributed by atoms with Crippen LogP contribution in [-0.2, 0) is 10.0 Å². The Morgan fingerprint density at radius 2 is 1.73 bits per heavy atom. The predicted octanol–water partition coefficient (Wildman–Crippen LogP) is 2.52. The predicted molar refractivity (Wildman–Crippen MR) is 76.2 cm³/mol. The molecule has 0 aliphatic heterocycles. The number of benzene rings is 1. The summed E-state index contributed by atoms with van der Waals surface area (Å²) in [4.78, 5) is -0.909. The summed E-state index contributed by atoms with van der Waals surface area (Å²) in [5, 5.41) is 8.88. The third-order valence-electron chi connectivity index (χ3n) is 2.83. The third-order valence-corrected chi connectivity index (χ3v) is 4.70. The summed E-state index contributed by atoms with van der Waals surface area (Å²) in [5.41, 5.74) is -0.433. The number of aliphatic hydroxyl groups excluding tert-OH is 1. The van der Waals surface area contributed by atoms with E-state index in [4.69, 9.17) is 5.11 Å². The zero-order valence-electron chi connectivity index (χ0n) is 12.7. The Hall–Kier alpha value is -1.12. The molecule has 8 heteroatoms. The van der Waals surface area contributed by atoms with Crippen LogP contribution < -0.4 is 0 Å². The first-order chi connectivity index (χ1) is 10.0. The lowest BCUT2D eigenvalue weighted by atomic mass is 9.97. The number of aliphatic hydroxyl groups is 1. The number of hydrogen-bond acceptors (Lipinski definition) is 3. The van der Waals surface area contributed by atoms with Crippen LogP contribution in [0.15, 0.2) is 17.0 Å². The molecule has 0 saturated carbocycles. The molecule has 0 aliphatic carbocycles. The quantitative estimate of drug-likeness (QED) is 0.810. The van der Waals surface area contributed by atoms with Crippen LogP contribution in [-0.4, -0.2) is 37.5 Å². The largest absolute Gasteiger partial charge is 0.396 e. The number of sulfonamides is 1. The molecule has 0 heterocycles. The van der Waals surface area contributed by atoms with E-state index in [0.717, 1.165) is 4.31 Å². The van der Waals surface area contributed by atoms with Crippen molar-refractivity contribution in [1.82, 2.24) is 4.31 Å². The van der Waals surface area contributed by atoms with Gasteiger partial charge in [0.1, 0.15) is 4.90 Å². The Balaban J connectivity index is 3.30. The van der Waals surface area contributed by atoms with Gasteiger partial charge >= 0.3 is 0 Å². The van der Waals surface area contributed by atoms with Crippen molar-refractivity contribution in [2.75, 3.05) is 19.7 Å². The van der Waals surface area contributed by atoms with Gasteiger partial charge in [0.15, 0.2) is 17.5 Å². The maximum Gasteiger partial charge on any atom is 0.246 e. The molecule has 0 fully saturated rings. The van der Waals surface area contributed by atoms with Gasteiger partial charge in [0.05, 0.1) is 0 Å². The van der Waals surface area contributed by atoms with E-state index in [9.17, 15) is 21.6 Å². The van der Waals surface area contributed by atoms with Crippen molar-refractivity contribution in [3.05, 3.63) is 29.6 Å². The summed E-state index contributed by atoms with van der Waals surface area (Å²) in [7, 11) is -4.34. The van der Waals surface area contributed by atoms with Crippen LogP contribution in [0.4, 0.5) is 13.2 Å². The van der Waals surface area contributed by atoms with E-state index >= 15 is 0 Å². The monoisotopic (exact) mass is 339 g/mol. The SMILES string of the molecule is CC(C)(C)CN(CCCO)S(=O)(=O)c1ccc(F)c(F)c1F. The van der Waals surface area contributed by atoms with Crippen LogP contribution >= 0.6 is 0 Å². The van der Waals surface area contributed by atoms with Crippen molar-refractivity contribution < 1.29 is 26.7 Å². The summed E-state index contributed by atoms with van der Waals surface area (Å²) in [6.07, 6.45) is 0.153. The summed E-state index contributed by atoms with van der Waals surface area (Å²) in [6, 6.07) is 1.28. The van der Waals surface area contributed by atoms with E-state index in [1.54, 1.807) is 20.8 Å². The minimum Gasteiger partial charge on any atom is -0.396 e. The average molecular weight is 339 g/mol. The number of hydrogen-bond donors (Lipinski definition) is 1. The smallest absolute Gasteiger partial charge is 0.246 e. The molecule has 126 valence electrons. The number of nitrogens with zero attached hydrogens (tertiary/aromatic N) is 1. The fraction of sp³-hybridized carbons (Fsp3) is 0.571. The summed E-state index contributed by atoms with van der Waals surface area (Å²) < 4.78 is 66.1. The van der Waals surface area contributed by atoms with E-state index in [1.165, 1.54) is 0 Å². The van der Waals surface area contributed by atoms with Gasteiger partial charge in [-0.1, -0.05) is 20.8 Å². The van der Waals surface area contributed by atoms with Crippen molar-refractivity contribution in [3.63, 3.8) is 0 Å². The molecule has 1 aromatic rings. The molecule has 22 heavy (non-hydrogen) atoms. The molecule has 0 unspecified atom stereocenters. The zero-order chi connectivity index (χ0) is 17.1. The molecule has 0 aliphatic rings. The van der Waals surface area contributed by atoms with Crippen molar-refractivity contribution in [3.8, 4) is 0 Å². The molecule has 0 amide bonds. The van der Waals surface area contributed by atoms with E-state index in [2.05, 4.69) is 0 Å². The first-order valence-corrected chi connectivity index (χ1v) is 8.19. The van der Waals surface area contributed by atoms with Gasteiger partial charge in [0, 0.05) is 19.7 Å². The maximum absolute atomic E-state index is 13.8. The van der Waals surface area contributed by atoms with Crippen LogP contribution in [0.3, 0.4) is 0 Å². The van der Waals surface area contributed by atoms with E-state index in [0.29, 0.717) is 12.1 Å². The molecule has 1 N–H and O–H groups in total. The molecule has 1 rings (SSSR count). The lowest BCUT2D eigenvalue weighted by molar-refractivity contribution is 0.240. The highest BCUT2D eigenvalue weighted by Crippen LogP contribution is 2.26. The van der Waals surface area contributed by atoms with Crippen LogP contribution in [0, 0.1) is 22.9 Å². The molecule has 0 bridgehead atoms. The normalized spacial score (nSPS) is 12.9. The van der Waals surface area contributed by atoms with Gasteiger partial charge in [-0.15, -0.1) is 0 Å². The van der Waals surface area contributed by atoms with Gasteiger partial charge in [0.2, 0.25) is 10.0 Å². The van der Waals surface area contributed by atoms with Crippen LogP contribution in [0.25, 0.3) is 0 Å². The van der Waals surface area contributed by atoms with E-state index in [1.807, 2.05) is 0 Å². The summed E-state index contributed by atoms with van der Waals surface area (Å²) in [6.45, 7) is 5.13. The van der Waals surface area contributed by atoms with E-state index < -0.39 is 37.8 Å². The van der Waals surface area contributed by atoms with Gasteiger partial charge in [-0.3, -0.25) is 0 Å². The van der Waals surface area contributed by atoms with E-state index in [-0.39, 0.29) is 26.1 Å². The van der Waals surface area contributed by atoms with Gasteiger partial charge < -0.3 is 5.11 Å². The van der Waals surface area contributed by atoms with Crippen molar-refractivity contribution in [2.45, 2.75) is 32.1 Å². The Morgan fingerprint density at radius 3 is 2.23 bits per heavy atom. The summed E-state index contributed by atoms with van der Waals surface area (Å²) in [5.74, 6) is -5.00. The van der Waals surface area contributed by atoms with Gasteiger partial charge in [-0.25, -0.2) is 21.6 Å². The van der Waals surface area contributed by atoms with Gasteiger partial charge in [-0.05, 0) is 24.0 Å². The van der Waals surface area contributed by atoms with Crippen molar-refractivity contribution >= 4 is 10.0 Å². The summed E-state index contributed by atoms with van der Waals surface area (Å²) >= 11 is 0. The standard InChI is InChI=1S/C14H20F3NO3S/c1-14(2,3)9-18(7-4-8-19)22(20,21)11-6-5-10(15)12(16)13(11)17/h5-6,19H,4,7-9H2,1-3H3. The fourth-order valence-corrected chi connectivity index (χ4v) is 3.67. The minimum atomic E-state index is -4.34. The molecular formula is C14H20F3NO3S. The Kier molecular flexibility index (Phi) is 6.00. The first-order valence-electron chi connectivity index (χ1n) is 6.75. The van der Waals surface area contributed by atoms with Gasteiger partial charge in [0.25, 0.3) is 0 Å². The molecule has 0 aromatic heterocycles. The molecule has 1 aromatic carbocycles. The highest BCUT2D eigenvalue weighted by molar-refractivity contribution is 7.89. The van der Waals surface area contributed by atoms with Crippen LogP contribution in [0.2, 0.25) is 0 Å². The lowest BCUT2D eigenvalue weighted by Gasteiger charge is -2.29. The number of rotatable bonds is 6. The fourth-order valence-electron chi connectivity index (χ4n) is 1.91. The van der Waals surface area contributed by atoms with Gasteiger partial charge in [-0.2, -0.15) is 4.31 Å². The highest BCUT2D eigenvalue weighted by atomic mass is 32.2. The lowest BCUT2D eigenvalue weighted by Crippen LogP contribution is -2.39. The highest BCUT2D eigenvalue weighted by Gasteiger charge is 2.32. The second kappa shape index (κ2) is 6.97. The number of halogens is 3. The van der Waals surface area contributed by atoms with Crippen LogP contribution in [0.1, 0.15) is 27.2 Å². The molecule has 0 radical (unpaired) electrons. The zero-order valence-corrected chi connectivity index (χ0v) is 13.6. The molecule has 0 atom stereocenters. The molecule has 0 saturated heterocycles. The second-order valence-electron chi connectivity index (χ2n) is 6.15. The second-order valence-corrected chi connectivity index (χ2v) is 8.06. The average Bonchev–Trinajstić information content (AvgIpc) is 2.39. The third kappa shape index (κ3) is 4.44. The Labute approximate surface area is 128 Å².